The number of halogens is 3. The van der Waals surface area contributed by atoms with E-state index in [2.05, 4.69) is 15.1 Å². The minimum Gasteiger partial charge on any atom is -0.232 e. The van der Waals surface area contributed by atoms with Gasteiger partial charge in [0.1, 0.15) is 5.03 Å². The van der Waals surface area contributed by atoms with Crippen molar-refractivity contribution in [2.45, 2.75) is 16.4 Å². The van der Waals surface area contributed by atoms with Gasteiger partial charge < -0.3 is 0 Å². The van der Waals surface area contributed by atoms with Crippen LogP contribution in [0, 0.1) is 0 Å². The van der Waals surface area contributed by atoms with Crippen molar-refractivity contribution in [2.24, 2.45) is 0 Å². The van der Waals surface area contributed by atoms with Gasteiger partial charge in [0.05, 0.1) is 6.20 Å². The Kier molecular flexibility index (Phi) is 3.21. The fourth-order valence-electron chi connectivity index (χ4n) is 1.25. The number of aromatic nitrogens is 4. The van der Waals surface area contributed by atoms with Crippen molar-refractivity contribution >= 4 is 29.2 Å². The molecule has 0 fully saturated rings. The molecule has 0 amide bonds. The van der Waals surface area contributed by atoms with Crippen LogP contribution in [0.25, 0.3) is 5.65 Å². The normalized spacial score (nSPS) is 12.3. The van der Waals surface area contributed by atoms with Gasteiger partial charge in [0.25, 0.3) is 0 Å². The van der Waals surface area contributed by atoms with E-state index in [1.807, 2.05) is 0 Å². The first-order chi connectivity index (χ1) is 7.97. The molecule has 0 saturated carbocycles. The molecule has 0 aliphatic heterocycles. The molecule has 0 bridgehead atoms. The van der Waals surface area contributed by atoms with Crippen molar-refractivity contribution in [1.29, 1.82) is 0 Å². The highest BCUT2D eigenvalue weighted by atomic mass is 32.2. The highest BCUT2D eigenvalue weighted by Crippen LogP contribution is 2.31. The molecule has 2 aromatic heterocycles. The van der Waals surface area contributed by atoms with E-state index < -0.39 is 11.9 Å². The minimum atomic E-state index is -4.47. The molecule has 17 heavy (non-hydrogen) atoms. The van der Waals surface area contributed by atoms with Crippen LogP contribution < -0.4 is 0 Å². The largest absolute Gasteiger partial charge is 0.435 e. The van der Waals surface area contributed by atoms with Gasteiger partial charge in [0.15, 0.2) is 11.3 Å². The molecule has 2 rings (SSSR count). The van der Waals surface area contributed by atoms with Crippen molar-refractivity contribution in [2.75, 3.05) is 12.5 Å². The summed E-state index contributed by atoms with van der Waals surface area (Å²) in [4.78, 5) is 7.82. The van der Waals surface area contributed by atoms with E-state index in [1.165, 1.54) is 23.5 Å². The van der Waals surface area contributed by atoms with Crippen LogP contribution in [0.3, 0.4) is 0 Å². The maximum absolute atomic E-state index is 12.7. The molecule has 2 heterocycles. The number of alkyl halides is 3. The lowest BCUT2D eigenvalue weighted by Crippen LogP contribution is -2.12. The number of hydrogen-bond donors (Lipinski definition) is 0. The number of hydrogen-bond acceptors (Lipinski definition) is 5. The molecule has 0 aliphatic carbocycles. The Morgan fingerprint density at radius 2 is 1.94 bits per heavy atom. The van der Waals surface area contributed by atoms with Crippen LogP contribution in [0.2, 0.25) is 0 Å². The zero-order valence-corrected chi connectivity index (χ0v) is 10.4. The van der Waals surface area contributed by atoms with Crippen LogP contribution in [0.4, 0.5) is 13.2 Å². The lowest BCUT2D eigenvalue weighted by atomic mass is 10.5. The molecule has 2 aromatic rings. The predicted octanol–water partition coefficient (Wildman–Crippen LogP) is 2.59. The topological polar surface area (TPSA) is 43.1 Å². The van der Waals surface area contributed by atoms with E-state index in [9.17, 15) is 13.2 Å². The van der Waals surface area contributed by atoms with Crippen LogP contribution in [0.15, 0.2) is 16.4 Å². The standard InChI is InChI=1S/C8H7F3N4S2/c1-16-6-5-12-3-4(8(9,10)11)15(5)14-7(13-6)17-2/h3H,1-2H3. The Labute approximate surface area is 103 Å². The highest BCUT2D eigenvalue weighted by molar-refractivity contribution is 7.99. The van der Waals surface area contributed by atoms with Gasteiger partial charge in [-0.2, -0.15) is 13.2 Å². The van der Waals surface area contributed by atoms with Gasteiger partial charge in [-0.1, -0.05) is 11.8 Å². The molecule has 0 N–H and O–H groups in total. The molecule has 0 spiro atoms. The molecule has 0 aliphatic rings. The Balaban J connectivity index is 2.75. The van der Waals surface area contributed by atoms with Crippen molar-refractivity contribution < 1.29 is 13.2 Å². The molecule has 4 nitrogen and oxygen atoms in total. The number of rotatable bonds is 2. The van der Waals surface area contributed by atoms with Crippen molar-refractivity contribution in [3.8, 4) is 0 Å². The fourth-order valence-corrected chi connectivity index (χ4v) is 2.16. The van der Waals surface area contributed by atoms with Gasteiger partial charge in [-0.3, -0.25) is 0 Å². The maximum Gasteiger partial charge on any atom is 0.435 e. The van der Waals surface area contributed by atoms with Gasteiger partial charge in [-0.05, 0) is 12.5 Å². The Bertz CT molecular complexity index is 551. The zero-order valence-electron chi connectivity index (χ0n) is 8.82. The molecule has 0 saturated heterocycles. The van der Waals surface area contributed by atoms with Gasteiger partial charge in [0.2, 0.25) is 5.16 Å². The summed E-state index contributed by atoms with van der Waals surface area (Å²) >= 11 is 2.42. The molecule has 92 valence electrons. The number of nitrogens with zero attached hydrogens (tertiary/aromatic N) is 4. The van der Waals surface area contributed by atoms with Crippen LogP contribution >= 0.6 is 23.5 Å². The molecular formula is C8H7F3N4S2. The maximum atomic E-state index is 12.7. The molecule has 0 unspecified atom stereocenters. The fraction of sp³-hybridized carbons (Fsp3) is 0.375. The first-order valence-corrected chi connectivity index (χ1v) is 6.83. The smallest absolute Gasteiger partial charge is 0.232 e. The molecule has 0 radical (unpaired) electrons. The van der Waals surface area contributed by atoms with E-state index >= 15 is 0 Å². The minimum absolute atomic E-state index is 0.127. The molecular weight excluding hydrogens is 273 g/mol. The molecule has 0 aromatic carbocycles. The number of imidazole rings is 1. The van der Waals surface area contributed by atoms with E-state index in [4.69, 9.17) is 0 Å². The monoisotopic (exact) mass is 280 g/mol. The Morgan fingerprint density at radius 1 is 1.24 bits per heavy atom. The lowest BCUT2D eigenvalue weighted by molar-refractivity contribution is -0.142. The zero-order chi connectivity index (χ0) is 12.6. The second-order valence-electron chi connectivity index (χ2n) is 2.98. The van der Waals surface area contributed by atoms with Crippen molar-refractivity contribution in [3.63, 3.8) is 0 Å². The summed E-state index contributed by atoms with van der Waals surface area (Å²) in [6, 6.07) is 0. The summed E-state index contributed by atoms with van der Waals surface area (Å²) in [6.07, 6.45) is -0.267. The Hall–Kier alpha value is -0.960. The van der Waals surface area contributed by atoms with Gasteiger partial charge in [-0.25, -0.2) is 14.5 Å². The SMILES string of the molecule is CSc1nc(SC)c2ncc(C(F)(F)F)n2n1. The van der Waals surface area contributed by atoms with Gasteiger partial charge in [0, 0.05) is 0 Å². The second-order valence-corrected chi connectivity index (χ2v) is 4.55. The summed E-state index contributed by atoms with van der Waals surface area (Å²) in [7, 11) is 0. The first-order valence-electron chi connectivity index (χ1n) is 4.38. The first kappa shape index (κ1) is 12.5. The van der Waals surface area contributed by atoms with E-state index in [1.54, 1.807) is 12.5 Å². The van der Waals surface area contributed by atoms with E-state index in [0.29, 0.717) is 5.03 Å². The lowest BCUT2D eigenvalue weighted by Gasteiger charge is -2.06. The van der Waals surface area contributed by atoms with E-state index in [-0.39, 0.29) is 10.8 Å². The van der Waals surface area contributed by atoms with E-state index in [0.717, 1.165) is 10.7 Å². The van der Waals surface area contributed by atoms with Gasteiger partial charge >= 0.3 is 6.18 Å². The molecule has 0 atom stereocenters. The third-order valence-electron chi connectivity index (χ3n) is 1.98. The average Bonchev–Trinajstić information content (AvgIpc) is 2.70. The third-order valence-corrected chi connectivity index (χ3v) is 3.18. The average molecular weight is 280 g/mol. The quantitative estimate of drug-likeness (QED) is 0.791. The second kappa shape index (κ2) is 4.37. The van der Waals surface area contributed by atoms with Gasteiger partial charge in [-0.15, -0.1) is 16.9 Å². The summed E-state index contributed by atoms with van der Waals surface area (Å²) in [5.74, 6) is 0. The Morgan fingerprint density at radius 3 is 2.47 bits per heavy atom. The summed E-state index contributed by atoms with van der Waals surface area (Å²) < 4.78 is 38.9. The van der Waals surface area contributed by atoms with Crippen LogP contribution in [0.5, 0.6) is 0 Å². The number of thioether (sulfide) groups is 2. The van der Waals surface area contributed by atoms with Crippen molar-refractivity contribution in [1.82, 2.24) is 19.6 Å². The predicted molar refractivity (Wildman–Crippen MR) is 59.3 cm³/mol. The summed E-state index contributed by atoms with van der Waals surface area (Å²) in [5.41, 5.74) is -0.761. The summed E-state index contributed by atoms with van der Waals surface area (Å²) in [5, 5.41) is 4.51. The highest BCUT2D eigenvalue weighted by Gasteiger charge is 2.36. The number of fused-ring (bicyclic) bond motifs is 1. The van der Waals surface area contributed by atoms with Crippen LogP contribution in [-0.2, 0) is 6.18 Å². The summed E-state index contributed by atoms with van der Waals surface area (Å²) in [6.45, 7) is 0. The van der Waals surface area contributed by atoms with Crippen LogP contribution in [0.1, 0.15) is 5.69 Å². The van der Waals surface area contributed by atoms with Crippen LogP contribution in [-0.4, -0.2) is 32.1 Å². The van der Waals surface area contributed by atoms with Crippen molar-refractivity contribution in [3.05, 3.63) is 11.9 Å². The molecule has 9 heteroatoms. The third kappa shape index (κ3) is 2.21.